The van der Waals surface area contributed by atoms with Crippen molar-refractivity contribution in [2.75, 3.05) is 11.2 Å². The zero-order valence-corrected chi connectivity index (χ0v) is 13.4. The molecule has 8 nitrogen and oxygen atoms in total. The number of thiophene rings is 1. The van der Waals surface area contributed by atoms with Gasteiger partial charge in [0.2, 0.25) is 5.91 Å². The Hall–Kier alpha value is -2.20. The standard InChI is InChI=1S/C12H12N6O2S2/c1-6-7(2)22-10-9(6)11(20)18(5-14-10)17-8(19)3-21-12-13-4-15-16-12/h4-5H,3H2,1-2H3,(H,17,19)(H,13,15,16). The Morgan fingerprint density at radius 1 is 1.45 bits per heavy atom. The Morgan fingerprint density at radius 3 is 3.00 bits per heavy atom. The van der Waals surface area contributed by atoms with Gasteiger partial charge in [0, 0.05) is 4.88 Å². The predicted molar refractivity (Wildman–Crippen MR) is 84.8 cm³/mol. The number of thioether (sulfide) groups is 1. The first kappa shape index (κ1) is 14.7. The Morgan fingerprint density at radius 2 is 2.27 bits per heavy atom. The molecule has 0 bridgehead atoms. The lowest BCUT2D eigenvalue weighted by Crippen LogP contribution is -2.34. The molecular formula is C12H12N6O2S2. The van der Waals surface area contributed by atoms with Crippen LogP contribution in [0.15, 0.2) is 22.6 Å². The molecule has 0 atom stereocenters. The number of aromatic nitrogens is 5. The van der Waals surface area contributed by atoms with Crippen LogP contribution in [0.4, 0.5) is 0 Å². The molecule has 2 N–H and O–H groups in total. The van der Waals surface area contributed by atoms with E-state index in [-0.39, 0.29) is 17.2 Å². The van der Waals surface area contributed by atoms with Crippen LogP contribution < -0.4 is 11.0 Å². The van der Waals surface area contributed by atoms with Gasteiger partial charge in [0.1, 0.15) is 17.5 Å². The Balaban J connectivity index is 1.79. The molecule has 0 aliphatic carbocycles. The fourth-order valence-electron chi connectivity index (χ4n) is 1.88. The molecule has 0 radical (unpaired) electrons. The van der Waals surface area contributed by atoms with Crippen LogP contribution in [0.2, 0.25) is 0 Å². The van der Waals surface area contributed by atoms with E-state index in [1.54, 1.807) is 0 Å². The molecule has 0 saturated heterocycles. The van der Waals surface area contributed by atoms with Crippen molar-refractivity contribution < 1.29 is 4.79 Å². The molecule has 0 saturated carbocycles. The van der Waals surface area contributed by atoms with E-state index in [1.165, 1.54) is 35.8 Å². The minimum absolute atomic E-state index is 0.112. The number of nitrogens with zero attached hydrogens (tertiary/aromatic N) is 4. The molecule has 0 unspecified atom stereocenters. The van der Waals surface area contributed by atoms with Crippen molar-refractivity contribution in [1.82, 2.24) is 24.8 Å². The number of hydrogen-bond donors (Lipinski definition) is 2. The average molecular weight is 336 g/mol. The van der Waals surface area contributed by atoms with E-state index in [9.17, 15) is 9.59 Å². The summed E-state index contributed by atoms with van der Waals surface area (Å²) >= 11 is 2.66. The number of aryl methyl sites for hydroxylation is 2. The lowest BCUT2D eigenvalue weighted by Gasteiger charge is -2.06. The highest BCUT2D eigenvalue weighted by atomic mass is 32.2. The van der Waals surface area contributed by atoms with Gasteiger partial charge in [-0.3, -0.25) is 20.1 Å². The maximum atomic E-state index is 12.4. The fourth-order valence-corrected chi connectivity index (χ4v) is 3.44. The minimum atomic E-state index is -0.325. The van der Waals surface area contributed by atoms with Gasteiger partial charge in [-0.25, -0.2) is 14.6 Å². The van der Waals surface area contributed by atoms with Crippen LogP contribution in [0.25, 0.3) is 10.2 Å². The van der Waals surface area contributed by atoms with Crippen molar-refractivity contribution >= 4 is 39.2 Å². The van der Waals surface area contributed by atoms with Crippen molar-refractivity contribution in [2.24, 2.45) is 0 Å². The molecule has 1 amide bonds. The van der Waals surface area contributed by atoms with Crippen molar-refractivity contribution in [3.05, 3.63) is 33.4 Å². The normalized spacial score (nSPS) is 11.0. The third kappa shape index (κ3) is 2.74. The summed E-state index contributed by atoms with van der Waals surface area (Å²) < 4.78 is 1.12. The molecule has 3 heterocycles. The van der Waals surface area contributed by atoms with E-state index in [4.69, 9.17) is 0 Å². The van der Waals surface area contributed by atoms with Crippen LogP contribution in [0.3, 0.4) is 0 Å². The van der Waals surface area contributed by atoms with Gasteiger partial charge in [0.05, 0.1) is 11.1 Å². The maximum Gasteiger partial charge on any atom is 0.281 e. The van der Waals surface area contributed by atoms with Crippen molar-refractivity contribution in [2.45, 2.75) is 19.0 Å². The predicted octanol–water partition coefficient (Wildman–Crippen LogP) is 1.06. The zero-order chi connectivity index (χ0) is 15.7. The molecule has 0 spiro atoms. The van der Waals surface area contributed by atoms with Crippen molar-refractivity contribution in [1.29, 1.82) is 0 Å². The van der Waals surface area contributed by atoms with Crippen molar-refractivity contribution in [3.8, 4) is 0 Å². The van der Waals surface area contributed by atoms with Gasteiger partial charge >= 0.3 is 0 Å². The number of aromatic amines is 1. The van der Waals surface area contributed by atoms with Crippen molar-refractivity contribution in [3.63, 3.8) is 0 Å². The van der Waals surface area contributed by atoms with Crippen LogP contribution >= 0.6 is 23.1 Å². The largest absolute Gasteiger partial charge is 0.281 e. The van der Waals surface area contributed by atoms with Crippen LogP contribution in [0.5, 0.6) is 0 Å². The molecule has 114 valence electrons. The van der Waals surface area contributed by atoms with Gasteiger partial charge in [-0.2, -0.15) is 5.10 Å². The number of carbonyl (C=O) groups is 1. The van der Waals surface area contributed by atoms with Gasteiger partial charge < -0.3 is 0 Å². The number of nitrogens with one attached hydrogen (secondary N) is 2. The lowest BCUT2D eigenvalue weighted by atomic mass is 10.2. The number of H-pyrrole nitrogens is 1. The Bertz CT molecular complexity index is 883. The topological polar surface area (TPSA) is 106 Å². The number of rotatable bonds is 4. The highest BCUT2D eigenvalue weighted by molar-refractivity contribution is 7.99. The minimum Gasteiger partial charge on any atom is -0.272 e. The molecular weight excluding hydrogens is 324 g/mol. The van der Waals surface area contributed by atoms with E-state index >= 15 is 0 Å². The van der Waals surface area contributed by atoms with Gasteiger partial charge in [-0.1, -0.05) is 11.8 Å². The van der Waals surface area contributed by atoms with E-state index in [1.807, 2.05) is 13.8 Å². The summed E-state index contributed by atoms with van der Waals surface area (Å²) in [7, 11) is 0. The summed E-state index contributed by atoms with van der Waals surface area (Å²) in [6, 6.07) is 0. The fraction of sp³-hybridized carbons (Fsp3) is 0.250. The lowest BCUT2D eigenvalue weighted by molar-refractivity contribution is -0.114. The summed E-state index contributed by atoms with van der Waals surface area (Å²) in [5.74, 6) is -0.212. The van der Waals surface area contributed by atoms with Gasteiger partial charge in [0.25, 0.3) is 5.56 Å². The summed E-state index contributed by atoms with van der Waals surface area (Å²) in [4.78, 5) is 34.2. The van der Waals surface area contributed by atoms with E-state index in [0.717, 1.165) is 15.1 Å². The first-order chi connectivity index (χ1) is 10.6. The molecule has 22 heavy (non-hydrogen) atoms. The second-order valence-electron chi connectivity index (χ2n) is 4.50. The van der Waals surface area contributed by atoms with Crippen LogP contribution in [-0.2, 0) is 4.79 Å². The van der Waals surface area contributed by atoms with Gasteiger partial charge in [-0.15, -0.1) is 11.3 Å². The SMILES string of the molecule is Cc1sc2ncn(NC(=O)CSc3ncn[nH]3)c(=O)c2c1C. The van der Waals surface area contributed by atoms with Crippen LogP contribution in [0.1, 0.15) is 10.4 Å². The monoisotopic (exact) mass is 336 g/mol. The maximum absolute atomic E-state index is 12.4. The molecule has 3 rings (SSSR count). The Kier molecular flexibility index (Phi) is 3.94. The van der Waals surface area contributed by atoms with Gasteiger partial charge in [-0.05, 0) is 19.4 Å². The molecule has 3 aromatic rings. The molecule has 0 fully saturated rings. The number of fused-ring (bicyclic) bond motifs is 1. The third-order valence-electron chi connectivity index (χ3n) is 3.07. The van der Waals surface area contributed by atoms with Gasteiger partial charge in [0.15, 0.2) is 5.16 Å². The molecule has 0 aliphatic rings. The molecule has 0 aliphatic heterocycles. The number of hydrogen-bond acceptors (Lipinski definition) is 7. The second kappa shape index (κ2) is 5.89. The van der Waals surface area contributed by atoms with Crippen LogP contribution in [0, 0.1) is 13.8 Å². The number of amides is 1. The van der Waals surface area contributed by atoms with Crippen LogP contribution in [-0.4, -0.2) is 36.5 Å². The summed E-state index contributed by atoms with van der Waals surface area (Å²) in [5, 5.41) is 7.43. The Labute approximate surface area is 133 Å². The smallest absolute Gasteiger partial charge is 0.272 e. The molecule has 0 aromatic carbocycles. The summed E-state index contributed by atoms with van der Waals surface area (Å²) in [6.45, 7) is 3.82. The first-order valence-corrected chi connectivity index (χ1v) is 8.12. The van der Waals surface area contributed by atoms with E-state index in [2.05, 4.69) is 25.6 Å². The quantitative estimate of drug-likeness (QED) is 0.690. The molecule has 10 heteroatoms. The average Bonchev–Trinajstić information content (AvgIpc) is 3.09. The first-order valence-electron chi connectivity index (χ1n) is 6.31. The summed E-state index contributed by atoms with van der Waals surface area (Å²) in [6.07, 6.45) is 2.70. The number of carbonyl (C=O) groups excluding carboxylic acids is 1. The van der Waals surface area contributed by atoms with E-state index in [0.29, 0.717) is 15.4 Å². The summed E-state index contributed by atoms with van der Waals surface area (Å²) in [5.41, 5.74) is 3.15. The zero-order valence-electron chi connectivity index (χ0n) is 11.8. The highest BCUT2D eigenvalue weighted by Gasteiger charge is 2.13. The second-order valence-corrected chi connectivity index (χ2v) is 6.66. The highest BCUT2D eigenvalue weighted by Crippen LogP contribution is 2.25. The molecule has 3 aromatic heterocycles. The van der Waals surface area contributed by atoms with E-state index < -0.39 is 0 Å². The third-order valence-corrected chi connectivity index (χ3v) is 5.06.